The molecule has 3 heterocycles. The number of anilines is 1. The first-order valence-corrected chi connectivity index (χ1v) is 12.5. The number of imidazole rings is 1. The maximum Gasteiger partial charge on any atom is 0.338 e. The lowest BCUT2D eigenvalue weighted by atomic mass is 10.2. The Morgan fingerprint density at radius 1 is 0.971 bits per heavy atom. The molecule has 1 saturated heterocycles. The van der Waals surface area contributed by atoms with Gasteiger partial charge in [0.25, 0.3) is 0 Å². The quantitative estimate of drug-likeness (QED) is 0.383. The van der Waals surface area contributed by atoms with Gasteiger partial charge in [-0.2, -0.15) is 4.31 Å². The van der Waals surface area contributed by atoms with Crippen LogP contribution in [0.15, 0.2) is 84.0 Å². The van der Waals surface area contributed by atoms with E-state index in [0.717, 1.165) is 11.3 Å². The summed E-state index contributed by atoms with van der Waals surface area (Å²) in [6, 6.07) is 17.6. The third-order valence-corrected chi connectivity index (χ3v) is 7.80. The highest BCUT2D eigenvalue weighted by molar-refractivity contribution is 7.89. The van der Waals surface area contributed by atoms with Crippen molar-refractivity contribution in [1.29, 1.82) is 0 Å². The van der Waals surface area contributed by atoms with Crippen LogP contribution in [0.5, 0.6) is 0 Å². The van der Waals surface area contributed by atoms with E-state index >= 15 is 0 Å². The van der Waals surface area contributed by atoms with Crippen molar-refractivity contribution < 1.29 is 22.3 Å². The van der Waals surface area contributed by atoms with Crippen molar-refractivity contribution in [2.75, 3.05) is 31.1 Å². The van der Waals surface area contributed by atoms with Gasteiger partial charge in [-0.3, -0.25) is 0 Å². The van der Waals surface area contributed by atoms with Crippen LogP contribution in [0.1, 0.15) is 16.1 Å². The Morgan fingerprint density at radius 2 is 1.74 bits per heavy atom. The lowest BCUT2D eigenvalue weighted by molar-refractivity contribution is 0.0468. The Hall–Kier alpha value is -3.76. The first kappa shape index (κ1) is 23.0. The van der Waals surface area contributed by atoms with Gasteiger partial charge in [0.1, 0.15) is 18.1 Å². The predicted molar refractivity (Wildman–Crippen MR) is 128 cm³/mol. The number of rotatable bonds is 6. The van der Waals surface area contributed by atoms with E-state index in [1.165, 1.54) is 40.7 Å². The number of esters is 1. The maximum atomic E-state index is 13.2. The number of aromatic nitrogens is 2. The fourth-order valence-corrected chi connectivity index (χ4v) is 5.52. The number of ether oxygens (including phenoxy) is 1. The first-order chi connectivity index (χ1) is 16.9. The summed E-state index contributed by atoms with van der Waals surface area (Å²) in [5.74, 6) is -0.938. The molecule has 0 amide bonds. The Kier molecular flexibility index (Phi) is 6.23. The second kappa shape index (κ2) is 9.47. The average molecular weight is 495 g/mol. The highest BCUT2D eigenvalue weighted by atomic mass is 32.2. The Labute approximate surface area is 202 Å². The van der Waals surface area contributed by atoms with Gasteiger partial charge in [0, 0.05) is 44.3 Å². The number of fused-ring (bicyclic) bond motifs is 1. The van der Waals surface area contributed by atoms with Gasteiger partial charge in [-0.25, -0.2) is 22.6 Å². The highest BCUT2D eigenvalue weighted by Crippen LogP contribution is 2.22. The third kappa shape index (κ3) is 4.89. The number of carbonyl (C=O) groups is 1. The van der Waals surface area contributed by atoms with Gasteiger partial charge >= 0.3 is 5.97 Å². The van der Waals surface area contributed by atoms with Gasteiger partial charge in [-0.15, -0.1) is 0 Å². The summed E-state index contributed by atoms with van der Waals surface area (Å²) in [5.41, 5.74) is 2.33. The van der Waals surface area contributed by atoms with E-state index in [2.05, 4.69) is 4.98 Å². The van der Waals surface area contributed by atoms with E-state index in [4.69, 9.17) is 4.74 Å². The maximum absolute atomic E-state index is 13.2. The minimum absolute atomic E-state index is 0.0250. The Bertz CT molecular complexity index is 1430. The van der Waals surface area contributed by atoms with E-state index in [1.54, 1.807) is 18.3 Å². The van der Waals surface area contributed by atoms with Crippen LogP contribution in [0.2, 0.25) is 0 Å². The number of hydrogen-bond acceptors (Lipinski definition) is 6. The van der Waals surface area contributed by atoms with E-state index in [0.29, 0.717) is 18.8 Å². The van der Waals surface area contributed by atoms with Gasteiger partial charge in [0.15, 0.2) is 0 Å². The van der Waals surface area contributed by atoms with Crippen LogP contribution in [-0.2, 0) is 21.4 Å². The summed E-state index contributed by atoms with van der Waals surface area (Å²) in [4.78, 5) is 19.1. The minimum atomic E-state index is -3.79. The van der Waals surface area contributed by atoms with Gasteiger partial charge in [-0.1, -0.05) is 12.1 Å². The smallest absolute Gasteiger partial charge is 0.338 e. The molecule has 4 aromatic rings. The van der Waals surface area contributed by atoms with Crippen molar-refractivity contribution in [2.45, 2.75) is 11.5 Å². The zero-order valence-corrected chi connectivity index (χ0v) is 19.6. The normalized spacial score (nSPS) is 14.8. The molecule has 0 spiro atoms. The molecule has 0 N–H and O–H groups in total. The molecule has 0 atom stereocenters. The summed E-state index contributed by atoms with van der Waals surface area (Å²) in [6.07, 6.45) is 3.62. The molecule has 2 aromatic heterocycles. The van der Waals surface area contributed by atoms with Crippen molar-refractivity contribution in [1.82, 2.24) is 13.7 Å². The molecule has 1 aliphatic heterocycles. The number of sulfonamides is 1. The van der Waals surface area contributed by atoms with E-state index in [9.17, 15) is 17.6 Å². The van der Waals surface area contributed by atoms with Crippen molar-refractivity contribution in [3.8, 4) is 0 Å². The average Bonchev–Trinajstić information content (AvgIpc) is 3.31. The van der Waals surface area contributed by atoms with Crippen LogP contribution in [0.3, 0.4) is 0 Å². The van der Waals surface area contributed by atoms with Crippen molar-refractivity contribution in [2.24, 2.45) is 0 Å². The van der Waals surface area contributed by atoms with Gasteiger partial charge in [0.05, 0.1) is 16.2 Å². The number of halogens is 1. The van der Waals surface area contributed by atoms with Gasteiger partial charge in [0.2, 0.25) is 10.0 Å². The van der Waals surface area contributed by atoms with Crippen LogP contribution < -0.4 is 4.90 Å². The second-order valence-corrected chi connectivity index (χ2v) is 10.1. The Balaban J connectivity index is 1.24. The van der Waals surface area contributed by atoms with E-state index in [-0.39, 0.29) is 36.0 Å². The lowest BCUT2D eigenvalue weighted by Crippen LogP contribution is -2.48. The summed E-state index contributed by atoms with van der Waals surface area (Å²) in [6.45, 7) is 1.49. The molecule has 0 bridgehead atoms. The molecular weight excluding hydrogens is 471 g/mol. The molecule has 0 radical (unpaired) electrons. The van der Waals surface area contributed by atoms with Crippen molar-refractivity contribution in [3.05, 3.63) is 96.2 Å². The summed E-state index contributed by atoms with van der Waals surface area (Å²) in [5, 5.41) is 0. The fourth-order valence-electron chi connectivity index (χ4n) is 4.05. The van der Waals surface area contributed by atoms with Crippen molar-refractivity contribution >= 4 is 27.3 Å². The van der Waals surface area contributed by atoms with E-state index in [1.807, 2.05) is 33.7 Å². The first-order valence-electron chi connectivity index (χ1n) is 11.1. The standard InChI is InChI=1S/C25H23FN4O4S/c26-20-7-9-22(10-8-20)28-12-14-30(15-13-28)35(32,33)23-5-3-4-19(16-23)25(31)34-18-21-17-29-11-2-1-6-24(29)27-21/h1-11,16-17H,12-15,18H2. The van der Waals surface area contributed by atoms with E-state index < -0.39 is 16.0 Å². The zero-order chi connectivity index (χ0) is 24.4. The number of benzene rings is 2. The minimum Gasteiger partial charge on any atom is -0.456 e. The van der Waals surface area contributed by atoms with Crippen LogP contribution >= 0.6 is 0 Å². The molecule has 2 aromatic carbocycles. The second-order valence-electron chi connectivity index (χ2n) is 8.17. The highest BCUT2D eigenvalue weighted by Gasteiger charge is 2.29. The van der Waals surface area contributed by atoms with Crippen LogP contribution in [0.4, 0.5) is 10.1 Å². The molecule has 180 valence electrons. The summed E-state index contributed by atoms with van der Waals surface area (Å²) < 4.78 is 48.2. The van der Waals surface area contributed by atoms with Crippen LogP contribution in [0.25, 0.3) is 5.65 Å². The molecule has 1 fully saturated rings. The monoisotopic (exact) mass is 494 g/mol. The molecule has 1 aliphatic rings. The topological polar surface area (TPSA) is 84.2 Å². The molecular formula is C25H23FN4O4S. The molecule has 0 aliphatic carbocycles. The van der Waals surface area contributed by atoms with Crippen LogP contribution in [0, 0.1) is 5.82 Å². The molecule has 0 unspecified atom stereocenters. The number of pyridine rings is 1. The summed E-state index contributed by atoms with van der Waals surface area (Å²) >= 11 is 0. The lowest BCUT2D eigenvalue weighted by Gasteiger charge is -2.35. The number of carbonyl (C=O) groups excluding carboxylic acids is 1. The molecule has 35 heavy (non-hydrogen) atoms. The fraction of sp³-hybridized carbons (Fsp3) is 0.200. The van der Waals surface area contributed by atoms with Gasteiger partial charge in [-0.05, 0) is 54.6 Å². The molecule has 8 nitrogen and oxygen atoms in total. The van der Waals surface area contributed by atoms with Gasteiger partial charge < -0.3 is 14.0 Å². The molecule has 5 rings (SSSR count). The molecule has 0 saturated carbocycles. The van der Waals surface area contributed by atoms with Crippen LogP contribution in [-0.4, -0.2) is 54.3 Å². The zero-order valence-electron chi connectivity index (χ0n) is 18.7. The SMILES string of the molecule is O=C(OCc1cn2ccccc2n1)c1cccc(S(=O)(=O)N2CCN(c3ccc(F)cc3)CC2)c1. The number of piperazine rings is 1. The number of hydrogen-bond donors (Lipinski definition) is 0. The predicted octanol–water partition coefficient (Wildman–Crippen LogP) is 3.34. The largest absolute Gasteiger partial charge is 0.456 e. The molecule has 10 heteroatoms. The Morgan fingerprint density at radius 3 is 2.49 bits per heavy atom. The number of nitrogens with zero attached hydrogens (tertiary/aromatic N) is 4. The van der Waals surface area contributed by atoms with Crippen molar-refractivity contribution in [3.63, 3.8) is 0 Å². The summed E-state index contributed by atoms with van der Waals surface area (Å²) in [7, 11) is -3.79. The third-order valence-electron chi connectivity index (χ3n) is 5.90.